The molecule has 0 radical (unpaired) electrons. The summed E-state index contributed by atoms with van der Waals surface area (Å²) in [4.78, 5) is 45.9. The summed E-state index contributed by atoms with van der Waals surface area (Å²) >= 11 is 0. The highest BCUT2D eigenvalue weighted by Gasteiger charge is 2.43. The number of fused-ring (bicyclic) bond motifs is 3. The van der Waals surface area contributed by atoms with Crippen molar-refractivity contribution in [1.82, 2.24) is 20.5 Å². The predicted octanol–water partition coefficient (Wildman–Crippen LogP) is 4.61. The number of methoxy groups -OCH3 is 1. The van der Waals surface area contributed by atoms with E-state index in [4.69, 9.17) is 9.47 Å². The number of hydrogen-bond acceptors (Lipinski definition) is 5. The molecular weight excluding hydrogens is 496 g/mol. The Balaban J connectivity index is 1.84. The molecule has 0 saturated carbocycles. The highest BCUT2D eigenvalue weighted by molar-refractivity contribution is 5.97. The predicted molar refractivity (Wildman–Crippen MR) is 149 cm³/mol. The number of para-hydroxylation sites is 1. The van der Waals surface area contributed by atoms with Gasteiger partial charge in [-0.05, 0) is 70.9 Å². The fourth-order valence-corrected chi connectivity index (χ4v) is 4.82. The molecule has 0 saturated heterocycles. The molecule has 2 atom stereocenters. The first-order valence-corrected chi connectivity index (χ1v) is 13.1. The number of hydrogen-bond donors (Lipinski definition) is 3. The largest absolute Gasteiger partial charge is 0.497 e. The van der Waals surface area contributed by atoms with Gasteiger partial charge in [-0.1, -0.05) is 30.3 Å². The van der Waals surface area contributed by atoms with Gasteiger partial charge < -0.3 is 30.0 Å². The number of nitrogens with zero attached hydrogens (tertiary/aromatic N) is 1. The number of carbonyl (C=O) groups excluding carboxylic acids is 3. The number of nitrogens with one attached hydrogen (secondary N) is 3. The van der Waals surface area contributed by atoms with Gasteiger partial charge in [-0.25, -0.2) is 4.79 Å². The van der Waals surface area contributed by atoms with Crippen molar-refractivity contribution in [3.63, 3.8) is 0 Å². The standard InChI is InChI=1S/C30H38N4O5/c1-29(2,3)33-26(35)25-24-21(20-10-8-9-11-22(20)31-24)16-23(32-28(37)39-30(4,5)6)27(36)34(25)17-18-12-14-19(38-7)15-13-18/h8-15,23,25,31H,16-17H2,1-7H3,(H,32,37)(H,33,35)/t23-,25+/m0/s1. The molecule has 0 bridgehead atoms. The lowest BCUT2D eigenvalue weighted by Crippen LogP contribution is -2.53. The number of aromatic amines is 1. The van der Waals surface area contributed by atoms with Crippen LogP contribution in [-0.2, 0) is 27.3 Å². The lowest BCUT2D eigenvalue weighted by molar-refractivity contribution is -0.143. The molecular formula is C30H38N4O5. The van der Waals surface area contributed by atoms with E-state index in [1.54, 1.807) is 27.9 Å². The number of alkyl carbamates (subject to hydrolysis) is 1. The molecule has 3 aromatic rings. The molecule has 0 unspecified atom stereocenters. The average Bonchev–Trinajstić information content (AvgIpc) is 3.13. The molecule has 0 fully saturated rings. The first-order chi connectivity index (χ1) is 18.3. The van der Waals surface area contributed by atoms with Crippen molar-refractivity contribution in [1.29, 1.82) is 0 Å². The molecule has 208 valence electrons. The quantitative estimate of drug-likeness (QED) is 0.443. The maximum atomic E-state index is 14.2. The van der Waals surface area contributed by atoms with Crippen molar-refractivity contribution in [3.05, 3.63) is 65.4 Å². The second kappa shape index (κ2) is 10.6. The zero-order chi connectivity index (χ0) is 28.5. The molecule has 0 spiro atoms. The molecule has 3 N–H and O–H groups in total. The number of ether oxygens (including phenoxy) is 2. The SMILES string of the molecule is COc1ccc(CN2C(=O)[C@@H](NC(=O)OC(C)(C)C)Cc3c([nH]c4ccccc34)[C@@H]2C(=O)NC(C)(C)C)cc1. The monoisotopic (exact) mass is 534 g/mol. The van der Waals surface area contributed by atoms with Crippen LogP contribution >= 0.6 is 0 Å². The Kier molecular flexibility index (Phi) is 7.63. The van der Waals surface area contributed by atoms with Crippen LogP contribution in [0.3, 0.4) is 0 Å². The summed E-state index contributed by atoms with van der Waals surface area (Å²) < 4.78 is 10.8. The summed E-state index contributed by atoms with van der Waals surface area (Å²) in [6.45, 7) is 11.1. The molecule has 9 heteroatoms. The second-order valence-corrected chi connectivity index (χ2v) is 11.9. The Hall–Kier alpha value is -4.01. The minimum Gasteiger partial charge on any atom is -0.497 e. The molecule has 39 heavy (non-hydrogen) atoms. The van der Waals surface area contributed by atoms with E-state index in [1.165, 1.54) is 4.90 Å². The normalized spacial score (nSPS) is 17.8. The average molecular weight is 535 g/mol. The van der Waals surface area contributed by atoms with E-state index in [1.807, 2.05) is 69.3 Å². The fourth-order valence-electron chi connectivity index (χ4n) is 4.82. The van der Waals surface area contributed by atoms with Crippen molar-refractivity contribution >= 4 is 28.8 Å². The maximum absolute atomic E-state index is 14.2. The van der Waals surface area contributed by atoms with Gasteiger partial charge in [-0.15, -0.1) is 0 Å². The molecule has 0 aliphatic carbocycles. The van der Waals surface area contributed by atoms with Crippen LogP contribution in [0.1, 0.15) is 64.4 Å². The summed E-state index contributed by atoms with van der Waals surface area (Å²) in [6.07, 6.45) is -0.486. The molecule has 4 rings (SSSR count). The van der Waals surface area contributed by atoms with Crippen LogP contribution in [0.5, 0.6) is 5.75 Å². The Morgan fingerprint density at radius 1 is 1.03 bits per heavy atom. The summed E-state index contributed by atoms with van der Waals surface area (Å²) in [5.41, 5.74) is 1.85. The number of H-pyrrole nitrogens is 1. The number of carbonyl (C=O) groups is 3. The van der Waals surface area contributed by atoms with Crippen molar-refractivity contribution in [2.24, 2.45) is 0 Å². The lowest BCUT2D eigenvalue weighted by atomic mass is 10.0. The van der Waals surface area contributed by atoms with E-state index in [2.05, 4.69) is 15.6 Å². The van der Waals surface area contributed by atoms with E-state index < -0.39 is 29.3 Å². The maximum Gasteiger partial charge on any atom is 0.408 e. The van der Waals surface area contributed by atoms with E-state index in [9.17, 15) is 14.4 Å². The first kappa shape index (κ1) is 28.0. The van der Waals surface area contributed by atoms with Gasteiger partial charge in [0.2, 0.25) is 11.8 Å². The van der Waals surface area contributed by atoms with Gasteiger partial charge in [0.25, 0.3) is 0 Å². The number of amides is 3. The Morgan fingerprint density at radius 3 is 2.31 bits per heavy atom. The highest BCUT2D eigenvalue weighted by Crippen LogP contribution is 2.36. The summed E-state index contributed by atoms with van der Waals surface area (Å²) in [5, 5.41) is 6.74. The van der Waals surface area contributed by atoms with Crippen LogP contribution in [-0.4, -0.2) is 52.1 Å². The van der Waals surface area contributed by atoms with Crippen LogP contribution in [0.4, 0.5) is 4.79 Å². The molecule has 2 heterocycles. The zero-order valence-electron chi connectivity index (χ0n) is 23.7. The molecule has 9 nitrogen and oxygen atoms in total. The molecule has 1 aliphatic rings. The summed E-state index contributed by atoms with van der Waals surface area (Å²) in [7, 11) is 1.59. The zero-order valence-corrected chi connectivity index (χ0v) is 23.7. The summed E-state index contributed by atoms with van der Waals surface area (Å²) in [6, 6.07) is 13.2. The van der Waals surface area contributed by atoms with E-state index in [-0.39, 0.29) is 24.8 Å². The van der Waals surface area contributed by atoms with Gasteiger partial charge in [0.05, 0.1) is 12.8 Å². The van der Waals surface area contributed by atoms with Gasteiger partial charge in [0.15, 0.2) is 6.04 Å². The topological polar surface area (TPSA) is 113 Å². The van der Waals surface area contributed by atoms with Crippen molar-refractivity contribution in [2.75, 3.05) is 7.11 Å². The Labute approximate surface area is 229 Å². The minimum atomic E-state index is -0.952. The second-order valence-electron chi connectivity index (χ2n) is 11.9. The van der Waals surface area contributed by atoms with Gasteiger partial charge in [0.1, 0.15) is 17.4 Å². The minimum absolute atomic E-state index is 0.145. The van der Waals surface area contributed by atoms with Crippen LogP contribution in [0, 0.1) is 0 Å². The highest BCUT2D eigenvalue weighted by atomic mass is 16.6. The summed E-state index contributed by atoms with van der Waals surface area (Å²) in [5.74, 6) is -0.000144. The fraction of sp³-hybridized carbons (Fsp3) is 0.433. The van der Waals surface area contributed by atoms with Crippen LogP contribution in [0.2, 0.25) is 0 Å². The van der Waals surface area contributed by atoms with Crippen LogP contribution in [0.25, 0.3) is 10.9 Å². The smallest absolute Gasteiger partial charge is 0.408 e. The third-order valence-corrected chi connectivity index (χ3v) is 6.37. The van der Waals surface area contributed by atoms with Crippen LogP contribution < -0.4 is 15.4 Å². The van der Waals surface area contributed by atoms with Crippen molar-refractivity contribution < 1.29 is 23.9 Å². The first-order valence-electron chi connectivity index (χ1n) is 13.1. The molecule has 2 aromatic carbocycles. The van der Waals surface area contributed by atoms with Gasteiger partial charge in [-0.2, -0.15) is 0 Å². The third kappa shape index (κ3) is 6.53. The Bertz CT molecular complexity index is 1360. The van der Waals surface area contributed by atoms with E-state index >= 15 is 0 Å². The molecule has 1 aromatic heterocycles. The van der Waals surface area contributed by atoms with Gasteiger partial charge in [0, 0.05) is 29.4 Å². The van der Waals surface area contributed by atoms with Gasteiger partial charge in [-0.3, -0.25) is 9.59 Å². The van der Waals surface area contributed by atoms with Crippen molar-refractivity contribution in [3.8, 4) is 5.75 Å². The third-order valence-electron chi connectivity index (χ3n) is 6.37. The number of rotatable bonds is 5. The number of aromatic nitrogens is 1. The molecule has 1 aliphatic heterocycles. The Morgan fingerprint density at radius 2 is 1.69 bits per heavy atom. The lowest BCUT2D eigenvalue weighted by Gasteiger charge is -2.33. The van der Waals surface area contributed by atoms with Crippen LogP contribution in [0.15, 0.2) is 48.5 Å². The van der Waals surface area contributed by atoms with E-state index in [0.29, 0.717) is 11.4 Å². The van der Waals surface area contributed by atoms with Gasteiger partial charge >= 0.3 is 6.09 Å². The number of benzene rings is 2. The van der Waals surface area contributed by atoms with Crippen molar-refractivity contribution in [2.45, 2.75) is 77.7 Å². The molecule has 3 amide bonds. The van der Waals surface area contributed by atoms with E-state index in [0.717, 1.165) is 22.0 Å².